The molecule has 0 atom stereocenters. The Balaban J connectivity index is 4.11. The topological polar surface area (TPSA) is 0 Å². The van der Waals surface area contributed by atoms with Crippen molar-refractivity contribution in [3.63, 3.8) is 0 Å². The standard InChI is InChI=1S/C10H22Si/c1-9(11(5,6)7)8-10(2,3)4/h1,8H2,2-7H3. The lowest BCUT2D eigenvalue weighted by Gasteiger charge is -2.26. The molecule has 0 radical (unpaired) electrons. The van der Waals surface area contributed by atoms with Gasteiger partial charge in [0.05, 0.1) is 8.07 Å². The maximum Gasteiger partial charge on any atom is 0.0716 e. The van der Waals surface area contributed by atoms with Crippen LogP contribution in [0, 0.1) is 5.41 Å². The number of hydrogen-bond donors (Lipinski definition) is 0. The van der Waals surface area contributed by atoms with Crippen LogP contribution in [-0.2, 0) is 0 Å². The highest BCUT2D eigenvalue weighted by atomic mass is 28.3. The molecule has 0 saturated carbocycles. The van der Waals surface area contributed by atoms with Crippen molar-refractivity contribution in [3.8, 4) is 0 Å². The molecule has 11 heavy (non-hydrogen) atoms. The van der Waals surface area contributed by atoms with Gasteiger partial charge < -0.3 is 0 Å². The Morgan fingerprint density at radius 3 is 1.64 bits per heavy atom. The average molecular weight is 170 g/mol. The third-order valence-corrected chi connectivity index (χ3v) is 4.10. The smallest absolute Gasteiger partial charge is 0.0716 e. The Labute approximate surface area is 72.7 Å². The van der Waals surface area contributed by atoms with Crippen LogP contribution in [0.2, 0.25) is 19.6 Å². The summed E-state index contributed by atoms with van der Waals surface area (Å²) in [6.07, 6.45) is 1.18. The Kier molecular flexibility index (Phi) is 3.12. The van der Waals surface area contributed by atoms with Gasteiger partial charge in [-0.25, -0.2) is 0 Å². The molecule has 0 bridgehead atoms. The van der Waals surface area contributed by atoms with E-state index in [2.05, 4.69) is 47.0 Å². The van der Waals surface area contributed by atoms with Gasteiger partial charge in [-0.15, -0.1) is 6.58 Å². The third kappa shape index (κ3) is 5.25. The molecular formula is C10H22Si. The van der Waals surface area contributed by atoms with Crippen molar-refractivity contribution in [2.75, 3.05) is 0 Å². The highest BCUT2D eigenvalue weighted by Crippen LogP contribution is 2.28. The SMILES string of the molecule is C=C(CC(C)(C)C)[Si](C)(C)C. The predicted molar refractivity (Wildman–Crippen MR) is 56.6 cm³/mol. The van der Waals surface area contributed by atoms with E-state index < -0.39 is 8.07 Å². The predicted octanol–water partition coefficient (Wildman–Crippen LogP) is 3.86. The molecule has 0 heterocycles. The second-order valence-corrected chi connectivity index (χ2v) is 10.8. The summed E-state index contributed by atoms with van der Waals surface area (Å²) in [7, 11) is -1.06. The van der Waals surface area contributed by atoms with E-state index in [4.69, 9.17) is 0 Å². The Morgan fingerprint density at radius 1 is 1.18 bits per heavy atom. The van der Waals surface area contributed by atoms with Gasteiger partial charge in [0.15, 0.2) is 0 Å². The summed E-state index contributed by atoms with van der Waals surface area (Å²) in [4.78, 5) is 0. The summed E-state index contributed by atoms with van der Waals surface area (Å²) in [6, 6.07) is 0. The zero-order valence-electron chi connectivity index (χ0n) is 8.91. The van der Waals surface area contributed by atoms with Crippen molar-refractivity contribution in [3.05, 3.63) is 11.8 Å². The van der Waals surface area contributed by atoms with Crippen molar-refractivity contribution in [2.24, 2.45) is 5.41 Å². The first kappa shape index (κ1) is 11.0. The third-order valence-electron chi connectivity index (χ3n) is 1.80. The molecule has 1 heteroatoms. The molecule has 0 aliphatic rings. The average Bonchev–Trinajstić information content (AvgIpc) is 1.56. The van der Waals surface area contributed by atoms with E-state index in [1.165, 1.54) is 11.6 Å². The monoisotopic (exact) mass is 170 g/mol. The molecule has 0 aliphatic carbocycles. The van der Waals surface area contributed by atoms with Crippen molar-refractivity contribution in [1.82, 2.24) is 0 Å². The summed E-state index contributed by atoms with van der Waals surface area (Å²) >= 11 is 0. The quantitative estimate of drug-likeness (QED) is 0.552. The Morgan fingerprint density at radius 2 is 1.55 bits per heavy atom. The molecular weight excluding hydrogens is 148 g/mol. The fraction of sp³-hybridized carbons (Fsp3) is 0.800. The summed E-state index contributed by atoms with van der Waals surface area (Å²) in [5.41, 5.74) is 0.414. The zero-order chi connectivity index (χ0) is 9.28. The van der Waals surface area contributed by atoms with Gasteiger partial charge in [-0.3, -0.25) is 0 Å². The largest absolute Gasteiger partial charge is 0.104 e. The number of hydrogen-bond acceptors (Lipinski definition) is 0. The van der Waals surface area contributed by atoms with Crippen LogP contribution in [0.15, 0.2) is 11.8 Å². The van der Waals surface area contributed by atoms with Crippen molar-refractivity contribution in [1.29, 1.82) is 0 Å². The molecule has 66 valence electrons. The van der Waals surface area contributed by atoms with Gasteiger partial charge in [-0.2, -0.15) is 0 Å². The lowest BCUT2D eigenvalue weighted by Crippen LogP contribution is -2.26. The van der Waals surface area contributed by atoms with Gasteiger partial charge in [0.1, 0.15) is 0 Å². The van der Waals surface area contributed by atoms with E-state index in [0.29, 0.717) is 5.41 Å². The summed E-state index contributed by atoms with van der Waals surface area (Å²) in [5.74, 6) is 0. The summed E-state index contributed by atoms with van der Waals surface area (Å²) in [6.45, 7) is 18.1. The van der Waals surface area contributed by atoms with Crippen molar-refractivity contribution in [2.45, 2.75) is 46.8 Å². The van der Waals surface area contributed by atoms with Crippen LogP contribution in [0.25, 0.3) is 0 Å². The van der Waals surface area contributed by atoms with E-state index in [1.54, 1.807) is 0 Å². The van der Waals surface area contributed by atoms with Crippen LogP contribution in [0.4, 0.5) is 0 Å². The van der Waals surface area contributed by atoms with Gasteiger partial charge >= 0.3 is 0 Å². The molecule has 0 saturated heterocycles. The van der Waals surface area contributed by atoms with Crippen LogP contribution >= 0.6 is 0 Å². The van der Waals surface area contributed by atoms with Crippen molar-refractivity contribution < 1.29 is 0 Å². The second-order valence-electron chi connectivity index (χ2n) is 5.59. The molecule has 0 spiro atoms. The molecule has 0 fully saturated rings. The lowest BCUT2D eigenvalue weighted by atomic mass is 9.92. The van der Waals surface area contributed by atoms with Crippen LogP contribution in [-0.4, -0.2) is 8.07 Å². The zero-order valence-corrected chi connectivity index (χ0v) is 9.91. The fourth-order valence-corrected chi connectivity index (χ4v) is 1.97. The van der Waals surface area contributed by atoms with Gasteiger partial charge in [0.2, 0.25) is 0 Å². The normalized spacial score (nSPS) is 13.3. The highest BCUT2D eigenvalue weighted by molar-refractivity contribution is 6.82. The van der Waals surface area contributed by atoms with Gasteiger partial charge in [-0.1, -0.05) is 45.6 Å². The first-order valence-electron chi connectivity index (χ1n) is 4.31. The minimum atomic E-state index is -1.06. The van der Waals surface area contributed by atoms with Crippen molar-refractivity contribution >= 4 is 8.07 Å². The lowest BCUT2D eigenvalue weighted by molar-refractivity contribution is 0.416. The molecule has 0 amide bonds. The molecule has 0 N–H and O–H groups in total. The van der Waals surface area contributed by atoms with E-state index in [1.807, 2.05) is 0 Å². The number of allylic oxidation sites excluding steroid dienone is 1. The highest BCUT2D eigenvalue weighted by Gasteiger charge is 2.22. The Hall–Kier alpha value is -0.0431. The molecule has 0 unspecified atom stereocenters. The van der Waals surface area contributed by atoms with E-state index in [-0.39, 0.29) is 0 Å². The van der Waals surface area contributed by atoms with E-state index >= 15 is 0 Å². The Bertz CT molecular complexity index is 143. The summed E-state index contributed by atoms with van der Waals surface area (Å²) < 4.78 is 0. The molecule has 0 aromatic heterocycles. The van der Waals surface area contributed by atoms with E-state index in [9.17, 15) is 0 Å². The van der Waals surface area contributed by atoms with Crippen LogP contribution in [0.5, 0.6) is 0 Å². The minimum absolute atomic E-state index is 0.414. The van der Waals surface area contributed by atoms with E-state index in [0.717, 1.165) is 0 Å². The summed E-state index contributed by atoms with van der Waals surface area (Å²) in [5, 5.41) is 1.49. The molecule has 0 aromatic rings. The molecule has 0 aliphatic heterocycles. The van der Waals surface area contributed by atoms with Gasteiger partial charge in [-0.05, 0) is 11.8 Å². The van der Waals surface area contributed by atoms with Crippen LogP contribution in [0.1, 0.15) is 27.2 Å². The number of rotatable bonds is 2. The maximum absolute atomic E-state index is 4.17. The fourth-order valence-electron chi connectivity index (χ4n) is 0.905. The minimum Gasteiger partial charge on any atom is -0.104 e. The van der Waals surface area contributed by atoms with Gasteiger partial charge in [0, 0.05) is 0 Å². The maximum atomic E-state index is 4.17. The van der Waals surface area contributed by atoms with Crippen LogP contribution < -0.4 is 0 Å². The van der Waals surface area contributed by atoms with Crippen LogP contribution in [0.3, 0.4) is 0 Å². The first-order valence-corrected chi connectivity index (χ1v) is 7.81. The molecule has 0 nitrogen and oxygen atoms in total. The second kappa shape index (κ2) is 3.14. The first-order chi connectivity index (χ1) is 4.63. The van der Waals surface area contributed by atoms with Gasteiger partial charge in [0.25, 0.3) is 0 Å². The molecule has 0 aromatic carbocycles. The molecule has 0 rings (SSSR count).